The summed E-state index contributed by atoms with van der Waals surface area (Å²) < 4.78 is 0. The highest BCUT2D eigenvalue weighted by atomic mass is 16.2. The molecule has 0 aliphatic heterocycles. The highest BCUT2D eigenvalue weighted by molar-refractivity contribution is 5.76. The first kappa shape index (κ1) is 15.8. The van der Waals surface area contributed by atoms with Gasteiger partial charge >= 0.3 is 0 Å². The van der Waals surface area contributed by atoms with Crippen LogP contribution in [0.15, 0.2) is 0 Å². The second-order valence-corrected chi connectivity index (χ2v) is 6.84. The van der Waals surface area contributed by atoms with Gasteiger partial charge in [-0.3, -0.25) is 4.79 Å². The lowest BCUT2D eigenvalue weighted by atomic mass is 9.86. The summed E-state index contributed by atoms with van der Waals surface area (Å²) in [6.45, 7) is 0. The number of amides is 1. The largest absolute Gasteiger partial charge is 0.343 e. The summed E-state index contributed by atoms with van der Waals surface area (Å²) in [4.78, 5) is 14.4. The van der Waals surface area contributed by atoms with E-state index in [0.717, 1.165) is 31.6 Å². The molecule has 0 aromatic carbocycles. The molecule has 2 rings (SSSR count). The predicted molar refractivity (Wildman–Crippen MR) is 83.7 cm³/mol. The van der Waals surface area contributed by atoms with Gasteiger partial charge in [-0.2, -0.15) is 0 Å². The van der Waals surface area contributed by atoms with Gasteiger partial charge in [0.25, 0.3) is 0 Å². The molecule has 20 heavy (non-hydrogen) atoms. The van der Waals surface area contributed by atoms with Gasteiger partial charge in [0.1, 0.15) is 0 Å². The maximum atomic E-state index is 12.3. The van der Waals surface area contributed by atoms with Crippen LogP contribution in [-0.2, 0) is 4.79 Å². The molecule has 0 aromatic heterocycles. The Labute approximate surface area is 124 Å². The molecule has 2 aliphatic rings. The third-order valence-corrected chi connectivity index (χ3v) is 5.54. The maximum Gasteiger partial charge on any atom is 0.222 e. The summed E-state index contributed by atoms with van der Waals surface area (Å²) in [6.07, 6.45) is 13.5. The minimum atomic E-state index is 0.378. The van der Waals surface area contributed by atoms with Crippen LogP contribution in [0.5, 0.6) is 0 Å². The highest BCUT2D eigenvalue weighted by Crippen LogP contribution is 2.28. The summed E-state index contributed by atoms with van der Waals surface area (Å²) in [6, 6.07) is 1.15. The van der Waals surface area contributed by atoms with Gasteiger partial charge in [0.05, 0.1) is 0 Å². The minimum absolute atomic E-state index is 0.378. The molecule has 0 heterocycles. The molecule has 0 saturated heterocycles. The predicted octanol–water partition coefficient (Wildman–Crippen LogP) is 3.34. The summed E-state index contributed by atoms with van der Waals surface area (Å²) >= 11 is 0. The quantitative estimate of drug-likeness (QED) is 0.837. The number of nitrogens with one attached hydrogen (secondary N) is 1. The number of carbonyl (C=O) groups is 1. The summed E-state index contributed by atoms with van der Waals surface area (Å²) in [5.41, 5.74) is 0. The summed E-state index contributed by atoms with van der Waals surface area (Å²) in [7, 11) is 4.07. The van der Waals surface area contributed by atoms with Crippen molar-refractivity contribution in [3.05, 3.63) is 0 Å². The molecule has 0 spiro atoms. The van der Waals surface area contributed by atoms with E-state index in [1.165, 1.54) is 44.9 Å². The highest BCUT2D eigenvalue weighted by Gasteiger charge is 2.26. The second-order valence-electron chi connectivity index (χ2n) is 6.84. The van der Waals surface area contributed by atoms with E-state index in [4.69, 9.17) is 0 Å². The molecule has 1 amide bonds. The zero-order valence-electron chi connectivity index (χ0n) is 13.4. The molecule has 0 radical (unpaired) electrons. The van der Waals surface area contributed by atoms with Crippen molar-refractivity contribution in [2.45, 2.75) is 82.7 Å². The second kappa shape index (κ2) is 8.02. The third-order valence-electron chi connectivity index (χ3n) is 5.54. The molecular weight excluding hydrogens is 248 g/mol. The first-order chi connectivity index (χ1) is 9.70. The topological polar surface area (TPSA) is 32.3 Å². The van der Waals surface area contributed by atoms with Crippen molar-refractivity contribution in [1.82, 2.24) is 10.2 Å². The number of carbonyl (C=O) groups excluding carboxylic acids is 1. The lowest BCUT2D eigenvalue weighted by molar-refractivity contribution is -0.133. The fourth-order valence-corrected chi connectivity index (χ4v) is 3.94. The van der Waals surface area contributed by atoms with Crippen molar-refractivity contribution in [3.8, 4) is 0 Å². The number of nitrogens with zero attached hydrogens (tertiary/aromatic N) is 1. The SMILES string of the molecule is CNC1CCC(N(C)C(=O)CCC2CCCCC2)CC1. The van der Waals surface area contributed by atoms with E-state index in [-0.39, 0.29) is 0 Å². The molecule has 2 fully saturated rings. The average molecular weight is 280 g/mol. The Hall–Kier alpha value is -0.570. The van der Waals surface area contributed by atoms with Gasteiger partial charge < -0.3 is 10.2 Å². The van der Waals surface area contributed by atoms with E-state index in [2.05, 4.69) is 10.2 Å². The number of rotatable bonds is 5. The molecule has 0 aromatic rings. The third kappa shape index (κ3) is 4.47. The van der Waals surface area contributed by atoms with E-state index in [9.17, 15) is 4.79 Å². The molecular formula is C17H32N2O. The van der Waals surface area contributed by atoms with Gasteiger partial charge in [0.15, 0.2) is 0 Å². The molecule has 116 valence electrons. The van der Waals surface area contributed by atoms with Gasteiger partial charge in [0.2, 0.25) is 5.91 Å². The van der Waals surface area contributed by atoms with Gasteiger partial charge in [-0.15, -0.1) is 0 Å². The minimum Gasteiger partial charge on any atom is -0.343 e. The lowest BCUT2D eigenvalue weighted by Crippen LogP contribution is -2.42. The summed E-state index contributed by atoms with van der Waals surface area (Å²) in [5, 5.41) is 3.36. The Balaban J connectivity index is 1.69. The van der Waals surface area contributed by atoms with Crippen LogP contribution in [0, 0.1) is 5.92 Å². The van der Waals surface area contributed by atoms with Crippen molar-refractivity contribution in [2.24, 2.45) is 5.92 Å². The van der Waals surface area contributed by atoms with E-state index in [0.29, 0.717) is 18.0 Å². The van der Waals surface area contributed by atoms with Crippen LogP contribution in [0.1, 0.15) is 70.6 Å². The zero-order valence-corrected chi connectivity index (χ0v) is 13.4. The smallest absolute Gasteiger partial charge is 0.222 e. The van der Waals surface area contributed by atoms with Crippen LogP contribution < -0.4 is 5.32 Å². The van der Waals surface area contributed by atoms with Crippen LogP contribution in [-0.4, -0.2) is 37.0 Å². The van der Waals surface area contributed by atoms with Crippen LogP contribution >= 0.6 is 0 Å². The van der Waals surface area contributed by atoms with E-state index < -0.39 is 0 Å². The van der Waals surface area contributed by atoms with Crippen molar-refractivity contribution < 1.29 is 4.79 Å². The average Bonchev–Trinajstić information content (AvgIpc) is 2.53. The zero-order chi connectivity index (χ0) is 14.4. The Morgan fingerprint density at radius 1 is 1.05 bits per heavy atom. The Bertz CT molecular complexity index is 291. The summed E-state index contributed by atoms with van der Waals surface area (Å²) in [5.74, 6) is 1.20. The first-order valence-corrected chi connectivity index (χ1v) is 8.63. The van der Waals surface area contributed by atoms with Crippen LogP contribution in [0.2, 0.25) is 0 Å². The van der Waals surface area contributed by atoms with Gasteiger partial charge in [-0.05, 0) is 45.1 Å². The molecule has 0 bridgehead atoms. The van der Waals surface area contributed by atoms with Crippen LogP contribution in [0.25, 0.3) is 0 Å². The van der Waals surface area contributed by atoms with Crippen LogP contribution in [0.3, 0.4) is 0 Å². The van der Waals surface area contributed by atoms with Crippen molar-refractivity contribution >= 4 is 5.91 Å². The van der Waals surface area contributed by atoms with Crippen molar-refractivity contribution in [1.29, 1.82) is 0 Å². The van der Waals surface area contributed by atoms with E-state index >= 15 is 0 Å². The van der Waals surface area contributed by atoms with Gasteiger partial charge in [0, 0.05) is 25.6 Å². The Kier molecular flexibility index (Phi) is 6.34. The monoisotopic (exact) mass is 280 g/mol. The van der Waals surface area contributed by atoms with Crippen molar-refractivity contribution in [2.75, 3.05) is 14.1 Å². The van der Waals surface area contributed by atoms with E-state index in [1.807, 2.05) is 14.1 Å². The first-order valence-electron chi connectivity index (χ1n) is 8.63. The van der Waals surface area contributed by atoms with E-state index in [1.54, 1.807) is 0 Å². The molecule has 3 heteroatoms. The van der Waals surface area contributed by atoms with Crippen molar-refractivity contribution in [3.63, 3.8) is 0 Å². The number of hydrogen-bond acceptors (Lipinski definition) is 2. The fraction of sp³-hybridized carbons (Fsp3) is 0.941. The normalized spacial score (nSPS) is 28.3. The molecule has 3 nitrogen and oxygen atoms in total. The maximum absolute atomic E-state index is 12.3. The molecule has 0 unspecified atom stereocenters. The van der Waals surface area contributed by atoms with Gasteiger partial charge in [-0.25, -0.2) is 0 Å². The molecule has 0 atom stereocenters. The molecule has 2 saturated carbocycles. The fourth-order valence-electron chi connectivity index (χ4n) is 3.94. The number of hydrogen-bond donors (Lipinski definition) is 1. The van der Waals surface area contributed by atoms with Crippen LogP contribution in [0.4, 0.5) is 0 Å². The molecule has 2 aliphatic carbocycles. The Morgan fingerprint density at radius 2 is 1.70 bits per heavy atom. The standard InChI is InChI=1S/C17H32N2O/c1-18-15-9-11-16(12-10-15)19(2)17(20)13-8-14-6-4-3-5-7-14/h14-16,18H,3-13H2,1-2H3. The molecule has 1 N–H and O–H groups in total. The lowest BCUT2D eigenvalue weighted by Gasteiger charge is -2.35. The Morgan fingerprint density at radius 3 is 2.30 bits per heavy atom. The van der Waals surface area contributed by atoms with Gasteiger partial charge in [-0.1, -0.05) is 32.1 Å².